The molecule has 1 saturated carbocycles. The maximum absolute atomic E-state index is 11.9. The lowest BCUT2D eigenvalue weighted by Crippen LogP contribution is -2.52. The van der Waals surface area contributed by atoms with E-state index < -0.39 is 21.3 Å². The van der Waals surface area contributed by atoms with E-state index in [1.165, 1.54) is 0 Å². The lowest BCUT2D eigenvalue weighted by Gasteiger charge is -2.25. The highest BCUT2D eigenvalue weighted by atomic mass is 32.2. The summed E-state index contributed by atoms with van der Waals surface area (Å²) in [5, 5.41) is 11.9. The Morgan fingerprint density at radius 3 is 2.37 bits per heavy atom. The Labute approximate surface area is 112 Å². The normalized spacial score (nSPS) is 28.1. The molecule has 0 aromatic heterocycles. The molecule has 2 rings (SSSR count). The van der Waals surface area contributed by atoms with Crippen LogP contribution in [0.25, 0.3) is 0 Å². The first-order valence-electron chi connectivity index (χ1n) is 6.58. The number of rotatable bonds is 4. The fourth-order valence-corrected chi connectivity index (χ4v) is 4.85. The van der Waals surface area contributed by atoms with Crippen molar-refractivity contribution in [2.24, 2.45) is 5.92 Å². The maximum Gasteiger partial charge on any atom is 0.329 e. The summed E-state index contributed by atoms with van der Waals surface area (Å²) in [5.41, 5.74) is -1.13. The van der Waals surface area contributed by atoms with E-state index in [2.05, 4.69) is 5.32 Å². The predicted molar refractivity (Wildman–Crippen MR) is 68.4 cm³/mol. The summed E-state index contributed by atoms with van der Waals surface area (Å²) in [5.74, 6) is -1.32. The number of carboxylic acids is 1. The molecular weight excluding hydrogens is 270 g/mol. The summed E-state index contributed by atoms with van der Waals surface area (Å²) < 4.78 is 22.6. The number of carbonyl (C=O) groups excluding carboxylic acids is 1. The first-order valence-corrected chi connectivity index (χ1v) is 8.40. The average molecular weight is 289 g/mol. The molecule has 2 N–H and O–H groups in total. The number of hydrogen-bond donors (Lipinski definition) is 2. The molecule has 108 valence electrons. The molecule has 1 aliphatic heterocycles. The van der Waals surface area contributed by atoms with E-state index in [0.717, 1.165) is 12.8 Å². The zero-order valence-corrected chi connectivity index (χ0v) is 11.5. The van der Waals surface area contributed by atoms with Crippen LogP contribution in [0, 0.1) is 5.92 Å². The number of carboxylic acid groups (broad SMARTS) is 1. The van der Waals surface area contributed by atoms with Gasteiger partial charge in [-0.05, 0) is 25.2 Å². The number of carbonyl (C=O) groups is 2. The van der Waals surface area contributed by atoms with Gasteiger partial charge in [-0.25, -0.2) is 13.2 Å². The Morgan fingerprint density at radius 2 is 1.89 bits per heavy atom. The molecule has 0 aromatic rings. The van der Waals surface area contributed by atoms with Crippen molar-refractivity contribution in [2.45, 2.75) is 44.1 Å². The van der Waals surface area contributed by atoms with Crippen molar-refractivity contribution in [1.82, 2.24) is 5.32 Å². The van der Waals surface area contributed by atoms with Crippen molar-refractivity contribution in [3.8, 4) is 0 Å². The molecule has 2 fully saturated rings. The molecule has 2 aliphatic rings. The summed E-state index contributed by atoms with van der Waals surface area (Å²) in [6.45, 7) is 0. The Kier molecular flexibility index (Phi) is 3.85. The van der Waals surface area contributed by atoms with Gasteiger partial charge in [-0.2, -0.15) is 0 Å². The van der Waals surface area contributed by atoms with Crippen molar-refractivity contribution < 1.29 is 23.1 Å². The lowest BCUT2D eigenvalue weighted by molar-refractivity contribution is -0.147. The molecule has 19 heavy (non-hydrogen) atoms. The van der Waals surface area contributed by atoms with Crippen LogP contribution in [0.5, 0.6) is 0 Å². The third-order valence-electron chi connectivity index (χ3n) is 4.05. The number of aliphatic carboxylic acids is 1. The van der Waals surface area contributed by atoms with E-state index >= 15 is 0 Å². The molecule has 1 amide bonds. The summed E-state index contributed by atoms with van der Waals surface area (Å²) >= 11 is 0. The van der Waals surface area contributed by atoms with E-state index in [0.29, 0.717) is 19.3 Å². The van der Waals surface area contributed by atoms with E-state index in [-0.39, 0.29) is 29.8 Å². The van der Waals surface area contributed by atoms with Gasteiger partial charge < -0.3 is 10.4 Å². The third kappa shape index (κ3) is 3.26. The molecule has 1 saturated heterocycles. The van der Waals surface area contributed by atoms with Gasteiger partial charge in [-0.15, -0.1) is 0 Å². The van der Waals surface area contributed by atoms with Gasteiger partial charge in [0.2, 0.25) is 5.91 Å². The lowest BCUT2D eigenvalue weighted by atomic mass is 9.96. The highest BCUT2D eigenvalue weighted by molar-refractivity contribution is 7.91. The van der Waals surface area contributed by atoms with Crippen LogP contribution in [-0.2, 0) is 19.4 Å². The van der Waals surface area contributed by atoms with Gasteiger partial charge in [0.1, 0.15) is 5.54 Å². The largest absolute Gasteiger partial charge is 0.480 e. The van der Waals surface area contributed by atoms with Crippen molar-refractivity contribution in [3.63, 3.8) is 0 Å². The SMILES string of the molecule is O=C(CC1CCS(=O)(=O)C1)NC1(C(=O)O)CCCC1. The fourth-order valence-electron chi connectivity index (χ4n) is 2.98. The Bertz CT molecular complexity index is 478. The fraction of sp³-hybridized carbons (Fsp3) is 0.833. The number of sulfone groups is 1. The quantitative estimate of drug-likeness (QED) is 0.776. The molecule has 1 heterocycles. The Balaban J connectivity index is 1.92. The minimum Gasteiger partial charge on any atom is -0.480 e. The summed E-state index contributed by atoms with van der Waals surface area (Å²) in [4.78, 5) is 23.2. The van der Waals surface area contributed by atoms with Gasteiger partial charge in [0, 0.05) is 6.42 Å². The van der Waals surface area contributed by atoms with E-state index in [4.69, 9.17) is 0 Å². The van der Waals surface area contributed by atoms with Crippen molar-refractivity contribution in [2.75, 3.05) is 11.5 Å². The smallest absolute Gasteiger partial charge is 0.329 e. The summed E-state index contributed by atoms with van der Waals surface area (Å²) in [6.07, 6.45) is 3.10. The van der Waals surface area contributed by atoms with Crippen LogP contribution < -0.4 is 5.32 Å². The van der Waals surface area contributed by atoms with Gasteiger partial charge in [-0.1, -0.05) is 12.8 Å². The molecule has 0 spiro atoms. The highest BCUT2D eigenvalue weighted by Gasteiger charge is 2.43. The molecule has 1 atom stereocenters. The molecule has 0 bridgehead atoms. The van der Waals surface area contributed by atoms with Gasteiger partial charge in [0.25, 0.3) is 0 Å². The zero-order valence-electron chi connectivity index (χ0n) is 10.7. The van der Waals surface area contributed by atoms with Gasteiger partial charge in [0.05, 0.1) is 11.5 Å². The second-order valence-corrected chi connectivity index (χ2v) is 7.84. The van der Waals surface area contributed by atoms with E-state index in [9.17, 15) is 23.1 Å². The maximum atomic E-state index is 11.9. The van der Waals surface area contributed by atoms with Gasteiger partial charge >= 0.3 is 5.97 Å². The predicted octanol–water partition coefficient (Wildman–Crippen LogP) is 0.325. The minimum absolute atomic E-state index is 0.0422. The molecular formula is C12H19NO5S. The van der Waals surface area contributed by atoms with Crippen LogP contribution in [-0.4, -0.2) is 42.4 Å². The number of hydrogen-bond acceptors (Lipinski definition) is 4. The van der Waals surface area contributed by atoms with Crippen LogP contribution in [0.15, 0.2) is 0 Å². The van der Waals surface area contributed by atoms with E-state index in [1.54, 1.807) is 0 Å². The molecule has 7 heteroatoms. The van der Waals surface area contributed by atoms with Crippen LogP contribution in [0.1, 0.15) is 38.5 Å². The molecule has 6 nitrogen and oxygen atoms in total. The minimum atomic E-state index is -3.00. The molecule has 1 unspecified atom stereocenters. The van der Waals surface area contributed by atoms with E-state index in [1.807, 2.05) is 0 Å². The topological polar surface area (TPSA) is 101 Å². The molecule has 0 aromatic carbocycles. The summed E-state index contributed by atoms with van der Waals surface area (Å²) in [6, 6.07) is 0. The Morgan fingerprint density at radius 1 is 1.26 bits per heavy atom. The van der Waals surface area contributed by atoms with Gasteiger partial charge in [0.15, 0.2) is 9.84 Å². The van der Waals surface area contributed by atoms with Crippen LogP contribution in [0.4, 0.5) is 0 Å². The third-order valence-corrected chi connectivity index (χ3v) is 5.88. The van der Waals surface area contributed by atoms with Crippen molar-refractivity contribution >= 4 is 21.7 Å². The Hall–Kier alpha value is -1.11. The highest BCUT2D eigenvalue weighted by Crippen LogP contribution is 2.30. The second kappa shape index (κ2) is 5.11. The second-order valence-electron chi connectivity index (χ2n) is 5.62. The number of nitrogens with one attached hydrogen (secondary N) is 1. The van der Waals surface area contributed by atoms with Crippen molar-refractivity contribution in [1.29, 1.82) is 0 Å². The first kappa shape index (κ1) is 14.3. The first-order chi connectivity index (χ1) is 8.83. The number of amides is 1. The monoisotopic (exact) mass is 289 g/mol. The van der Waals surface area contributed by atoms with Gasteiger partial charge in [-0.3, -0.25) is 4.79 Å². The molecule has 0 radical (unpaired) electrons. The van der Waals surface area contributed by atoms with Crippen LogP contribution in [0.2, 0.25) is 0 Å². The summed E-state index contributed by atoms with van der Waals surface area (Å²) in [7, 11) is -3.00. The zero-order chi connectivity index (χ0) is 14.1. The van der Waals surface area contributed by atoms with Crippen LogP contribution in [0.3, 0.4) is 0 Å². The standard InChI is InChI=1S/C12H19NO5S/c14-10(7-9-3-6-19(17,18)8-9)13-12(11(15)16)4-1-2-5-12/h9H,1-8H2,(H,13,14)(H,15,16). The molecule has 1 aliphatic carbocycles. The van der Waals surface area contributed by atoms with Crippen LogP contribution >= 0.6 is 0 Å². The average Bonchev–Trinajstić information content (AvgIpc) is 2.86. The van der Waals surface area contributed by atoms with Crippen molar-refractivity contribution in [3.05, 3.63) is 0 Å².